The zero-order valence-electron chi connectivity index (χ0n) is 11.9. The molecule has 2 aromatic carbocycles. The molecule has 0 radical (unpaired) electrons. The van der Waals surface area contributed by atoms with E-state index >= 15 is 0 Å². The maximum Gasteiger partial charge on any atom is 0.0551 e. The van der Waals surface area contributed by atoms with Gasteiger partial charge in [-0.05, 0) is 42.8 Å². The van der Waals surface area contributed by atoms with Crippen LogP contribution in [-0.4, -0.2) is 19.8 Å². The van der Waals surface area contributed by atoms with E-state index in [4.69, 9.17) is 4.74 Å². The van der Waals surface area contributed by atoms with E-state index in [2.05, 4.69) is 64.6 Å². The summed E-state index contributed by atoms with van der Waals surface area (Å²) in [4.78, 5) is 0. The summed E-state index contributed by atoms with van der Waals surface area (Å²) in [6.07, 6.45) is 1.49. The molecule has 1 saturated heterocycles. The number of ether oxygens (including phenoxy) is 1. The highest BCUT2D eigenvalue weighted by molar-refractivity contribution is 9.10. The lowest BCUT2D eigenvalue weighted by atomic mass is 9.88. The van der Waals surface area contributed by atoms with Gasteiger partial charge < -0.3 is 10.1 Å². The van der Waals surface area contributed by atoms with Gasteiger partial charge in [0, 0.05) is 16.4 Å². The van der Waals surface area contributed by atoms with Crippen molar-refractivity contribution in [2.75, 3.05) is 13.7 Å². The van der Waals surface area contributed by atoms with Gasteiger partial charge in [0.05, 0.1) is 12.7 Å². The highest BCUT2D eigenvalue weighted by Crippen LogP contribution is 2.36. The molecule has 2 nitrogen and oxygen atoms in total. The van der Waals surface area contributed by atoms with Crippen molar-refractivity contribution in [3.05, 3.63) is 46.4 Å². The van der Waals surface area contributed by atoms with Gasteiger partial charge in [-0.3, -0.25) is 0 Å². The van der Waals surface area contributed by atoms with Crippen molar-refractivity contribution in [1.82, 2.24) is 5.32 Å². The molecule has 1 aliphatic heterocycles. The number of nitrogens with one attached hydrogen (secondary N) is 1. The maximum atomic E-state index is 5.76. The summed E-state index contributed by atoms with van der Waals surface area (Å²) in [6.45, 7) is 3.00. The summed E-state index contributed by atoms with van der Waals surface area (Å²) >= 11 is 3.65. The Morgan fingerprint density at radius 2 is 1.95 bits per heavy atom. The second kappa shape index (κ2) is 5.84. The molecule has 0 aliphatic carbocycles. The van der Waals surface area contributed by atoms with Gasteiger partial charge in [0.15, 0.2) is 0 Å². The lowest BCUT2D eigenvalue weighted by molar-refractivity contribution is 0.117. The third-order valence-corrected chi connectivity index (χ3v) is 4.94. The topological polar surface area (TPSA) is 21.3 Å². The molecule has 3 heteroatoms. The Labute approximate surface area is 128 Å². The van der Waals surface area contributed by atoms with Crippen LogP contribution in [0.4, 0.5) is 0 Å². The molecule has 20 heavy (non-hydrogen) atoms. The Hall–Kier alpha value is -0.900. The molecule has 0 bridgehead atoms. The number of halogens is 1. The lowest BCUT2D eigenvalue weighted by Crippen LogP contribution is -2.26. The second-order valence-electron chi connectivity index (χ2n) is 5.59. The van der Waals surface area contributed by atoms with Crippen LogP contribution in [0.25, 0.3) is 10.8 Å². The molecule has 0 amide bonds. The minimum absolute atomic E-state index is 0.345. The highest BCUT2D eigenvalue weighted by atomic mass is 79.9. The minimum Gasteiger partial charge on any atom is -0.378 e. The third kappa shape index (κ3) is 2.50. The number of fused-ring (bicyclic) bond motifs is 1. The number of benzene rings is 2. The van der Waals surface area contributed by atoms with Gasteiger partial charge in [-0.15, -0.1) is 0 Å². The fraction of sp³-hybridized carbons (Fsp3) is 0.412. The van der Waals surface area contributed by atoms with E-state index in [-0.39, 0.29) is 0 Å². The van der Waals surface area contributed by atoms with E-state index in [0.717, 1.165) is 17.5 Å². The quantitative estimate of drug-likeness (QED) is 0.904. The maximum absolute atomic E-state index is 5.76. The smallest absolute Gasteiger partial charge is 0.0551 e. The van der Waals surface area contributed by atoms with Crippen molar-refractivity contribution in [2.24, 2.45) is 5.92 Å². The van der Waals surface area contributed by atoms with E-state index in [9.17, 15) is 0 Å². The average molecular weight is 334 g/mol. The monoisotopic (exact) mass is 333 g/mol. The summed E-state index contributed by atoms with van der Waals surface area (Å²) in [6, 6.07) is 13.3. The van der Waals surface area contributed by atoms with E-state index in [1.54, 1.807) is 0 Å². The first kappa shape index (κ1) is 14.1. The van der Waals surface area contributed by atoms with Crippen LogP contribution in [0.2, 0.25) is 0 Å². The summed E-state index contributed by atoms with van der Waals surface area (Å²) in [7, 11) is 2.05. The van der Waals surface area contributed by atoms with E-state index in [1.165, 1.54) is 16.3 Å². The van der Waals surface area contributed by atoms with Crippen LogP contribution in [0.15, 0.2) is 40.9 Å². The Balaban J connectivity index is 2.06. The van der Waals surface area contributed by atoms with Gasteiger partial charge in [-0.2, -0.15) is 0 Å². The van der Waals surface area contributed by atoms with Crippen LogP contribution in [0.1, 0.15) is 24.9 Å². The molecule has 0 aromatic heterocycles. The Morgan fingerprint density at radius 1 is 1.20 bits per heavy atom. The van der Waals surface area contributed by atoms with E-state index < -0.39 is 0 Å². The second-order valence-corrected chi connectivity index (χ2v) is 6.44. The normalized spacial score (nSPS) is 24.1. The highest BCUT2D eigenvalue weighted by Gasteiger charge is 2.30. The first-order valence-electron chi connectivity index (χ1n) is 7.16. The predicted molar refractivity (Wildman–Crippen MR) is 87.0 cm³/mol. The molecule has 1 aliphatic rings. The molecule has 106 valence electrons. The van der Waals surface area contributed by atoms with Crippen LogP contribution >= 0.6 is 15.9 Å². The van der Waals surface area contributed by atoms with Crippen molar-refractivity contribution >= 4 is 26.7 Å². The van der Waals surface area contributed by atoms with Crippen molar-refractivity contribution < 1.29 is 4.74 Å². The number of hydrogen-bond donors (Lipinski definition) is 1. The summed E-state index contributed by atoms with van der Waals surface area (Å²) in [5.74, 6) is 0.541. The van der Waals surface area contributed by atoms with Crippen molar-refractivity contribution in [3.8, 4) is 0 Å². The van der Waals surface area contributed by atoms with Gasteiger partial charge in [-0.25, -0.2) is 0 Å². The number of hydrogen-bond acceptors (Lipinski definition) is 2. The Kier molecular flexibility index (Phi) is 4.11. The fourth-order valence-electron chi connectivity index (χ4n) is 3.28. The molecule has 2 aromatic rings. The molecule has 3 atom stereocenters. The number of rotatable bonds is 3. The van der Waals surface area contributed by atoms with Gasteiger partial charge in [-0.1, -0.05) is 46.3 Å². The van der Waals surface area contributed by atoms with Crippen molar-refractivity contribution in [1.29, 1.82) is 0 Å². The van der Waals surface area contributed by atoms with E-state index in [1.807, 2.05) is 7.05 Å². The van der Waals surface area contributed by atoms with E-state index in [0.29, 0.717) is 18.1 Å². The van der Waals surface area contributed by atoms with Gasteiger partial charge >= 0.3 is 0 Å². The Bertz CT molecular complexity index is 613. The molecule has 3 rings (SSSR count). The third-order valence-electron chi connectivity index (χ3n) is 4.25. The SMILES string of the molecule is CNC(c1ccc(Br)c2ccccc12)C1COC(C)C1. The molecule has 1 fully saturated rings. The summed E-state index contributed by atoms with van der Waals surface area (Å²) in [5, 5.41) is 6.09. The first-order valence-corrected chi connectivity index (χ1v) is 7.96. The molecule has 0 saturated carbocycles. The fourth-order valence-corrected chi connectivity index (χ4v) is 3.76. The van der Waals surface area contributed by atoms with Crippen LogP contribution in [0.5, 0.6) is 0 Å². The van der Waals surface area contributed by atoms with Crippen LogP contribution in [0, 0.1) is 5.92 Å². The van der Waals surface area contributed by atoms with Gasteiger partial charge in [0.2, 0.25) is 0 Å². The van der Waals surface area contributed by atoms with Gasteiger partial charge in [0.1, 0.15) is 0 Å². The molecule has 1 heterocycles. The average Bonchev–Trinajstić information content (AvgIpc) is 2.89. The summed E-state index contributed by atoms with van der Waals surface area (Å²) < 4.78 is 6.91. The molecular weight excluding hydrogens is 314 g/mol. The minimum atomic E-state index is 0.345. The van der Waals surface area contributed by atoms with Crippen LogP contribution in [0.3, 0.4) is 0 Å². The predicted octanol–water partition coefficient (Wildman–Crippen LogP) is 4.29. The van der Waals surface area contributed by atoms with Crippen LogP contribution < -0.4 is 5.32 Å². The van der Waals surface area contributed by atoms with Gasteiger partial charge in [0.25, 0.3) is 0 Å². The standard InChI is InChI=1S/C17H20BrNO/c1-11-9-12(10-20-11)17(19-2)15-7-8-16(18)14-6-4-3-5-13(14)15/h3-8,11-12,17,19H,9-10H2,1-2H3. The first-order chi connectivity index (χ1) is 9.70. The van der Waals surface area contributed by atoms with Crippen molar-refractivity contribution in [3.63, 3.8) is 0 Å². The lowest BCUT2D eigenvalue weighted by Gasteiger charge is -2.24. The largest absolute Gasteiger partial charge is 0.378 e. The summed E-state index contributed by atoms with van der Waals surface area (Å²) in [5.41, 5.74) is 1.37. The molecule has 3 unspecified atom stereocenters. The molecular formula is C17H20BrNO. The molecule has 1 N–H and O–H groups in total. The van der Waals surface area contributed by atoms with Crippen molar-refractivity contribution in [2.45, 2.75) is 25.5 Å². The zero-order chi connectivity index (χ0) is 14.1. The molecule has 0 spiro atoms. The zero-order valence-corrected chi connectivity index (χ0v) is 13.5. The van der Waals surface area contributed by atoms with Crippen LogP contribution in [-0.2, 0) is 4.74 Å². The Morgan fingerprint density at radius 3 is 2.60 bits per heavy atom.